The van der Waals surface area contributed by atoms with E-state index in [0.717, 1.165) is 10.9 Å². The minimum absolute atomic E-state index is 0.0268. The van der Waals surface area contributed by atoms with Gasteiger partial charge in [-0.1, -0.05) is 36.4 Å². The van der Waals surface area contributed by atoms with Crippen molar-refractivity contribution >= 4 is 44.6 Å². The van der Waals surface area contributed by atoms with E-state index in [0.29, 0.717) is 24.0 Å². The number of carbonyl (C=O) groups excluding carboxylic acids is 4. The summed E-state index contributed by atoms with van der Waals surface area (Å²) in [5.41, 5.74) is -1.64. The minimum atomic E-state index is -3.93. The fourth-order valence-electron chi connectivity index (χ4n) is 6.79. The molecule has 1 saturated heterocycles. The van der Waals surface area contributed by atoms with Crippen molar-refractivity contribution in [2.45, 2.75) is 101 Å². The molecule has 4 amide bonds. The van der Waals surface area contributed by atoms with Gasteiger partial charge in [0.1, 0.15) is 35.1 Å². The zero-order valence-electron chi connectivity index (χ0n) is 32.1. The number of methoxy groups -OCH3 is 1. The van der Waals surface area contributed by atoms with Gasteiger partial charge in [-0.3, -0.25) is 19.1 Å². The first kappa shape index (κ1) is 40.4. The summed E-state index contributed by atoms with van der Waals surface area (Å²) in [7, 11) is -2.37. The van der Waals surface area contributed by atoms with Crippen LogP contribution in [0.5, 0.6) is 11.6 Å². The molecule has 56 heavy (non-hydrogen) atoms. The van der Waals surface area contributed by atoms with Crippen molar-refractivity contribution in [2.75, 3.05) is 13.7 Å². The third kappa shape index (κ3) is 9.24. The number of fused-ring (bicyclic) bond motifs is 1. The monoisotopic (exact) mass is 791 g/mol. The van der Waals surface area contributed by atoms with E-state index >= 15 is 0 Å². The number of alkyl carbamates (subject to hydrolysis) is 1. The van der Waals surface area contributed by atoms with Crippen LogP contribution in [0.25, 0.3) is 10.8 Å². The second-order valence-electron chi connectivity index (χ2n) is 15.5. The lowest BCUT2D eigenvalue weighted by molar-refractivity contribution is -0.144. The summed E-state index contributed by atoms with van der Waals surface area (Å²) >= 11 is 0. The highest BCUT2D eigenvalue weighted by Gasteiger charge is 2.62. The van der Waals surface area contributed by atoms with Crippen LogP contribution in [-0.4, -0.2) is 96.5 Å². The molecular formula is C40H49N5O10S. The van der Waals surface area contributed by atoms with Crippen LogP contribution in [0.15, 0.2) is 73.4 Å². The number of benzene rings is 2. The molecule has 15 nitrogen and oxygen atoms in total. The van der Waals surface area contributed by atoms with Gasteiger partial charge >= 0.3 is 6.09 Å². The molecular weight excluding hydrogens is 743 g/mol. The van der Waals surface area contributed by atoms with Gasteiger partial charge in [0, 0.05) is 23.9 Å². The molecule has 6 atom stereocenters. The summed E-state index contributed by atoms with van der Waals surface area (Å²) in [6, 6.07) is 13.9. The van der Waals surface area contributed by atoms with Crippen molar-refractivity contribution in [1.29, 1.82) is 0 Å². The smallest absolute Gasteiger partial charge is 0.408 e. The van der Waals surface area contributed by atoms with Crippen molar-refractivity contribution in [3.63, 3.8) is 0 Å². The van der Waals surface area contributed by atoms with E-state index in [1.54, 1.807) is 59.2 Å². The second-order valence-corrected chi connectivity index (χ2v) is 17.5. The van der Waals surface area contributed by atoms with E-state index in [4.69, 9.17) is 18.9 Å². The molecule has 0 bridgehead atoms. The quantitative estimate of drug-likeness (QED) is 0.190. The van der Waals surface area contributed by atoms with Crippen molar-refractivity contribution in [2.24, 2.45) is 5.92 Å². The lowest BCUT2D eigenvalue weighted by atomic mass is 10.1. The predicted octanol–water partition coefficient (Wildman–Crippen LogP) is 3.76. The van der Waals surface area contributed by atoms with Crippen LogP contribution in [-0.2, 0) is 40.5 Å². The van der Waals surface area contributed by atoms with E-state index in [1.165, 1.54) is 11.0 Å². The fraction of sp³-hybridized carbons (Fsp3) is 0.475. The Balaban J connectivity index is 1.30. The zero-order valence-corrected chi connectivity index (χ0v) is 33.0. The fourth-order valence-corrected chi connectivity index (χ4v) is 8.16. The van der Waals surface area contributed by atoms with Crippen LogP contribution >= 0.6 is 0 Å². The van der Waals surface area contributed by atoms with Crippen LogP contribution in [0, 0.1) is 5.92 Å². The third-order valence-electron chi connectivity index (χ3n) is 10.1. The Hall–Kier alpha value is -5.22. The Kier molecular flexibility index (Phi) is 11.6. The molecule has 2 aromatic carbocycles. The molecule has 16 heteroatoms. The third-order valence-corrected chi connectivity index (χ3v) is 11.9. The Morgan fingerprint density at radius 3 is 2.46 bits per heavy atom. The van der Waals surface area contributed by atoms with Gasteiger partial charge in [0.25, 0.3) is 5.91 Å². The molecule has 3 fully saturated rings. The SMILES string of the molecule is C=C[C@@H]1C[C@]1(NC(=O)[C@@H]1C[C@@H](Oc2nccc3cc(OC)ccc23)CN1C(=O)[C@@H](NC(=O)OC(C)(C)C)[C@H](C)OCc1ccccc1)C(=O)NS(=O)(=O)C1CC1. The number of pyridine rings is 1. The van der Waals surface area contributed by atoms with Gasteiger partial charge < -0.3 is 34.5 Å². The molecule has 2 aliphatic carbocycles. The van der Waals surface area contributed by atoms with E-state index in [9.17, 15) is 27.6 Å². The highest BCUT2D eigenvalue weighted by molar-refractivity contribution is 7.91. The van der Waals surface area contributed by atoms with Crippen molar-refractivity contribution < 1.29 is 46.5 Å². The Labute approximate surface area is 326 Å². The maximum Gasteiger partial charge on any atom is 0.408 e. The van der Waals surface area contributed by atoms with Crippen molar-refractivity contribution in [3.8, 4) is 11.6 Å². The predicted molar refractivity (Wildman–Crippen MR) is 206 cm³/mol. The lowest BCUT2D eigenvalue weighted by Gasteiger charge is -2.32. The number of amides is 4. The highest BCUT2D eigenvalue weighted by Crippen LogP contribution is 2.45. The van der Waals surface area contributed by atoms with Gasteiger partial charge in [-0.25, -0.2) is 18.2 Å². The topological polar surface area (TPSA) is 192 Å². The van der Waals surface area contributed by atoms with Crippen molar-refractivity contribution in [1.82, 2.24) is 25.2 Å². The number of carbonyl (C=O) groups is 4. The summed E-state index contributed by atoms with van der Waals surface area (Å²) < 4.78 is 51.1. The lowest BCUT2D eigenvalue weighted by Crippen LogP contribution is -2.60. The average Bonchev–Trinajstić information content (AvgIpc) is 4.09. The van der Waals surface area contributed by atoms with Crippen LogP contribution < -0.4 is 24.8 Å². The maximum atomic E-state index is 14.7. The van der Waals surface area contributed by atoms with Crippen LogP contribution in [0.1, 0.15) is 58.9 Å². The summed E-state index contributed by atoms with van der Waals surface area (Å²) in [6.07, 6.45) is 1.49. The summed E-state index contributed by atoms with van der Waals surface area (Å²) in [6.45, 7) is 10.5. The molecule has 0 radical (unpaired) electrons. The minimum Gasteiger partial charge on any atom is -0.497 e. The molecule has 1 aliphatic heterocycles. The first-order valence-corrected chi connectivity index (χ1v) is 20.1. The zero-order chi connectivity index (χ0) is 40.4. The van der Waals surface area contributed by atoms with E-state index < -0.39 is 80.4 Å². The molecule has 1 aromatic heterocycles. The molecule has 3 N–H and O–H groups in total. The molecule has 3 aliphatic rings. The molecule has 0 spiro atoms. The molecule has 6 rings (SSSR count). The Morgan fingerprint density at radius 1 is 1.09 bits per heavy atom. The van der Waals surface area contributed by atoms with Gasteiger partial charge in [0.2, 0.25) is 27.7 Å². The second kappa shape index (κ2) is 16.1. The van der Waals surface area contributed by atoms with E-state index in [1.807, 2.05) is 36.4 Å². The van der Waals surface area contributed by atoms with Crippen LogP contribution in [0.3, 0.4) is 0 Å². The summed E-state index contributed by atoms with van der Waals surface area (Å²) in [5.74, 6) is -1.89. The maximum absolute atomic E-state index is 14.7. The molecule has 2 heterocycles. The number of ether oxygens (including phenoxy) is 4. The largest absolute Gasteiger partial charge is 0.497 e. The normalized spacial score (nSPS) is 23.0. The number of rotatable bonds is 15. The van der Waals surface area contributed by atoms with E-state index in [-0.39, 0.29) is 31.9 Å². The van der Waals surface area contributed by atoms with Crippen LogP contribution in [0.4, 0.5) is 4.79 Å². The number of nitrogens with zero attached hydrogens (tertiary/aromatic N) is 2. The van der Waals surface area contributed by atoms with Gasteiger partial charge in [0.15, 0.2) is 0 Å². The molecule has 300 valence electrons. The summed E-state index contributed by atoms with van der Waals surface area (Å²) in [5, 5.41) is 6.25. The number of sulfonamides is 1. The first-order chi connectivity index (χ1) is 26.5. The van der Waals surface area contributed by atoms with Gasteiger partial charge in [-0.2, -0.15) is 0 Å². The van der Waals surface area contributed by atoms with Gasteiger partial charge in [-0.15, -0.1) is 6.58 Å². The number of hydrogen-bond acceptors (Lipinski definition) is 11. The van der Waals surface area contributed by atoms with E-state index in [2.05, 4.69) is 26.9 Å². The summed E-state index contributed by atoms with van der Waals surface area (Å²) in [4.78, 5) is 61.6. The Morgan fingerprint density at radius 2 is 1.82 bits per heavy atom. The van der Waals surface area contributed by atoms with Gasteiger partial charge in [-0.05, 0) is 82.2 Å². The highest BCUT2D eigenvalue weighted by atomic mass is 32.2. The van der Waals surface area contributed by atoms with Crippen LogP contribution in [0.2, 0.25) is 0 Å². The number of nitrogens with one attached hydrogen (secondary N) is 3. The first-order valence-electron chi connectivity index (χ1n) is 18.6. The molecule has 0 unspecified atom stereocenters. The Bertz CT molecular complexity index is 2090. The number of likely N-dealkylation sites (tertiary alicyclic amines) is 1. The average molecular weight is 792 g/mol. The molecule has 2 saturated carbocycles. The van der Waals surface area contributed by atoms with Crippen molar-refractivity contribution in [3.05, 3.63) is 79.0 Å². The standard InChI is InChI=1S/C40H49N5O10S/c1-7-27-21-40(27,37(48)44-56(50,51)30-14-15-30)43-34(46)32-20-29(54-35-31-16-13-28(52-6)19-26(31)17-18-41-35)22-45(32)36(47)33(42-38(49)55-39(3,4)5)24(2)53-23-25-11-9-8-10-12-25/h7-13,16-19,24,27,29-30,32-33H,1,14-15,20-23H2,2-6H3,(H,42,49)(H,43,46)(H,44,48)/t24-,27+,29+,32-,33-,40+/m0/s1. The molecule has 3 aromatic rings. The number of hydrogen-bond donors (Lipinski definition) is 3. The van der Waals surface area contributed by atoms with Gasteiger partial charge in [0.05, 0.1) is 31.6 Å². The number of aromatic nitrogens is 1.